The zero-order valence-corrected chi connectivity index (χ0v) is 14.1. The summed E-state index contributed by atoms with van der Waals surface area (Å²) in [4.78, 5) is 14.2. The van der Waals surface area contributed by atoms with Crippen LogP contribution in [0.1, 0.15) is 52.9 Å². The standard InChI is InChI=1S/C19H28N2O/c1-5-10-18(7-3)21(14-20)19(22)15(4)13-17-12-9-8-11-16(17)6-2/h6,11-14,18,20H,2,5,7-10H2,1,3-4H3/b15-13+,20-14?/t18-/m1/s1. The largest absolute Gasteiger partial charge is 0.297 e. The number of hydrogen-bond donors (Lipinski definition) is 1. The average Bonchev–Trinajstić information content (AvgIpc) is 2.54. The summed E-state index contributed by atoms with van der Waals surface area (Å²) >= 11 is 0. The van der Waals surface area contributed by atoms with E-state index in [0.29, 0.717) is 5.57 Å². The Hall–Kier alpha value is -1.90. The summed E-state index contributed by atoms with van der Waals surface area (Å²) < 4.78 is 0. The molecule has 1 amide bonds. The van der Waals surface area contributed by atoms with Crippen LogP contribution in [0.3, 0.4) is 0 Å². The zero-order chi connectivity index (χ0) is 16.5. The van der Waals surface area contributed by atoms with Crippen molar-refractivity contribution in [3.63, 3.8) is 0 Å². The van der Waals surface area contributed by atoms with Crippen molar-refractivity contribution < 1.29 is 4.79 Å². The lowest BCUT2D eigenvalue weighted by molar-refractivity contribution is -0.124. The molecule has 0 aromatic carbocycles. The van der Waals surface area contributed by atoms with Gasteiger partial charge in [0.2, 0.25) is 0 Å². The molecule has 1 atom stereocenters. The second-order valence-electron chi connectivity index (χ2n) is 5.62. The molecule has 1 N–H and O–H groups in total. The molecule has 0 aliphatic heterocycles. The van der Waals surface area contributed by atoms with E-state index < -0.39 is 0 Å². The Kier molecular flexibility index (Phi) is 7.58. The molecule has 1 aliphatic carbocycles. The average molecular weight is 300 g/mol. The fourth-order valence-electron chi connectivity index (χ4n) is 2.76. The van der Waals surface area contributed by atoms with Crippen molar-refractivity contribution in [2.75, 3.05) is 0 Å². The van der Waals surface area contributed by atoms with Gasteiger partial charge < -0.3 is 0 Å². The van der Waals surface area contributed by atoms with Crippen LogP contribution in [0.4, 0.5) is 0 Å². The molecule has 0 aromatic rings. The maximum absolute atomic E-state index is 12.7. The lowest BCUT2D eigenvalue weighted by Gasteiger charge is -2.27. The normalized spacial score (nSPS) is 16.4. The highest BCUT2D eigenvalue weighted by Gasteiger charge is 2.21. The number of nitrogens with zero attached hydrogens (tertiary/aromatic N) is 1. The fraction of sp³-hybridized carbons (Fsp3) is 0.474. The summed E-state index contributed by atoms with van der Waals surface area (Å²) in [5, 5.41) is 7.60. The molecule has 0 heterocycles. The molecular formula is C19H28N2O. The summed E-state index contributed by atoms with van der Waals surface area (Å²) in [6, 6.07) is 0.105. The van der Waals surface area contributed by atoms with E-state index in [0.717, 1.165) is 43.3 Å². The molecule has 120 valence electrons. The van der Waals surface area contributed by atoms with E-state index in [1.807, 2.05) is 19.1 Å². The van der Waals surface area contributed by atoms with Gasteiger partial charge in [-0.1, -0.05) is 45.1 Å². The smallest absolute Gasteiger partial charge is 0.254 e. The highest BCUT2D eigenvalue weighted by Crippen LogP contribution is 2.23. The van der Waals surface area contributed by atoms with Crippen LogP contribution in [-0.2, 0) is 4.79 Å². The molecule has 22 heavy (non-hydrogen) atoms. The Bertz CT molecular complexity index is 512. The molecule has 1 rings (SSSR count). The van der Waals surface area contributed by atoms with Crippen molar-refractivity contribution in [2.45, 2.75) is 58.9 Å². The van der Waals surface area contributed by atoms with E-state index in [1.54, 1.807) is 4.90 Å². The maximum atomic E-state index is 12.7. The topological polar surface area (TPSA) is 44.2 Å². The molecule has 0 radical (unpaired) electrons. The Morgan fingerprint density at radius 3 is 2.50 bits per heavy atom. The SMILES string of the molecule is C=CC1=CCCC=C1/C=C(\C)C(=O)N(C=N)[C@H](CC)CCC. The highest BCUT2D eigenvalue weighted by molar-refractivity contribution is 6.00. The second-order valence-corrected chi connectivity index (χ2v) is 5.62. The minimum absolute atomic E-state index is 0.0785. The zero-order valence-electron chi connectivity index (χ0n) is 14.1. The predicted molar refractivity (Wildman–Crippen MR) is 94.0 cm³/mol. The molecule has 0 saturated heterocycles. The Morgan fingerprint density at radius 2 is 2.00 bits per heavy atom. The number of allylic oxidation sites excluding steroid dienone is 6. The van der Waals surface area contributed by atoms with Gasteiger partial charge in [-0.05, 0) is 49.8 Å². The quantitative estimate of drug-likeness (QED) is 0.391. The van der Waals surface area contributed by atoms with Gasteiger partial charge in [-0.2, -0.15) is 0 Å². The van der Waals surface area contributed by atoms with Crippen LogP contribution in [0, 0.1) is 5.41 Å². The van der Waals surface area contributed by atoms with Gasteiger partial charge in [-0.3, -0.25) is 15.1 Å². The Balaban J connectivity index is 2.96. The lowest BCUT2D eigenvalue weighted by Crippen LogP contribution is -2.39. The van der Waals surface area contributed by atoms with Crippen LogP contribution in [0.2, 0.25) is 0 Å². The minimum atomic E-state index is -0.0785. The van der Waals surface area contributed by atoms with Gasteiger partial charge in [0.15, 0.2) is 0 Å². The van der Waals surface area contributed by atoms with Gasteiger partial charge in [0.25, 0.3) is 5.91 Å². The number of nitrogens with one attached hydrogen (secondary N) is 1. The van der Waals surface area contributed by atoms with Crippen LogP contribution < -0.4 is 0 Å². The molecule has 0 unspecified atom stereocenters. The van der Waals surface area contributed by atoms with Gasteiger partial charge in [0, 0.05) is 11.6 Å². The third kappa shape index (κ3) is 4.55. The fourth-order valence-corrected chi connectivity index (χ4v) is 2.76. The Morgan fingerprint density at radius 1 is 1.36 bits per heavy atom. The summed E-state index contributed by atoms with van der Waals surface area (Å²) in [5.74, 6) is -0.0785. The summed E-state index contributed by atoms with van der Waals surface area (Å²) in [6.07, 6.45) is 14.0. The van der Waals surface area contributed by atoms with Crippen LogP contribution in [0.15, 0.2) is 47.6 Å². The van der Waals surface area contributed by atoms with Crippen molar-refractivity contribution in [2.24, 2.45) is 0 Å². The van der Waals surface area contributed by atoms with Gasteiger partial charge in [0.05, 0.1) is 6.34 Å². The first kappa shape index (κ1) is 18.1. The maximum Gasteiger partial charge on any atom is 0.254 e. The minimum Gasteiger partial charge on any atom is -0.297 e. The molecule has 3 nitrogen and oxygen atoms in total. The molecule has 0 aromatic heterocycles. The third-order valence-corrected chi connectivity index (χ3v) is 4.02. The van der Waals surface area contributed by atoms with Gasteiger partial charge >= 0.3 is 0 Å². The van der Waals surface area contributed by atoms with Crippen molar-refractivity contribution >= 4 is 12.2 Å². The molecule has 0 fully saturated rings. The number of carbonyl (C=O) groups excluding carboxylic acids is 1. The van der Waals surface area contributed by atoms with Crippen molar-refractivity contribution in [1.82, 2.24) is 4.90 Å². The van der Waals surface area contributed by atoms with E-state index in [-0.39, 0.29) is 11.9 Å². The number of amides is 1. The number of rotatable bonds is 8. The molecule has 3 heteroatoms. The van der Waals surface area contributed by atoms with E-state index >= 15 is 0 Å². The summed E-state index contributed by atoms with van der Waals surface area (Å²) in [5.41, 5.74) is 2.81. The van der Waals surface area contributed by atoms with Gasteiger partial charge in [0.1, 0.15) is 0 Å². The number of hydrogen-bond acceptors (Lipinski definition) is 2. The van der Waals surface area contributed by atoms with Crippen LogP contribution in [-0.4, -0.2) is 23.2 Å². The summed E-state index contributed by atoms with van der Waals surface area (Å²) in [6.45, 7) is 9.83. The molecule has 1 aliphatic rings. The highest BCUT2D eigenvalue weighted by atomic mass is 16.2. The Labute approximate surface area is 134 Å². The van der Waals surface area contributed by atoms with E-state index in [1.165, 1.54) is 6.34 Å². The first-order valence-electron chi connectivity index (χ1n) is 8.13. The summed E-state index contributed by atoms with van der Waals surface area (Å²) in [7, 11) is 0. The molecule has 0 bridgehead atoms. The molecular weight excluding hydrogens is 272 g/mol. The van der Waals surface area contributed by atoms with Crippen molar-refractivity contribution in [1.29, 1.82) is 5.41 Å². The molecule has 0 saturated carbocycles. The van der Waals surface area contributed by atoms with Crippen LogP contribution in [0.5, 0.6) is 0 Å². The van der Waals surface area contributed by atoms with Crippen molar-refractivity contribution in [3.05, 3.63) is 47.6 Å². The van der Waals surface area contributed by atoms with E-state index in [9.17, 15) is 4.79 Å². The predicted octanol–water partition coefficient (Wildman–Crippen LogP) is 4.78. The lowest BCUT2D eigenvalue weighted by atomic mass is 9.95. The molecule has 0 spiro atoms. The first-order valence-corrected chi connectivity index (χ1v) is 8.13. The van der Waals surface area contributed by atoms with E-state index in [2.05, 4.69) is 32.6 Å². The first-order chi connectivity index (χ1) is 10.6. The van der Waals surface area contributed by atoms with Crippen LogP contribution >= 0.6 is 0 Å². The second kappa shape index (κ2) is 9.19. The van der Waals surface area contributed by atoms with Crippen molar-refractivity contribution in [3.8, 4) is 0 Å². The van der Waals surface area contributed by atoms with Crippen LogP contribution in [0.25, 0.3) is 0 Å². The van der Waals surface area contributed by atoms with Gasteiger partial charge in [-0.15, -0.1) is 0 Å². The van der Waals surface area contributed by atoms with E-state index in [4.69, 9.17) is 5.41 Å². The third-order valence-electron chi connectivity index (χ3n) is 4.02. The van der Waals surface area contributed by atoms with Gasteiger partial charge in [-0.25, -0.2) is 0 Å². The number of carbonyl (C=O) groups is 1. The monoisotopic (exact) mass is 300 g/mol.